The molecule has 2 aliphatic rings. The molecule has 4 heterocycles. The van der Waals surface area contributed by atoms with E-state index in [0.29, 0.717) is 16.4 Å². The number of aromatic nitrogens is 5. The zero-order chi connectivity index (χ0) is 40.0. The molecular formula is C30H35N5O18S. The first-order chi connectivity index (χ1) is 25.4. The lowest BCUT2D eigenvalue weighted by Crippen LogP contribution is -2.43. The maximum absolute atomic E-state index is 13.1. The Bertz CT molecular complexity index is 1900. The fraction of sp³-hybridized carbons (Fsp3) is 0.567. The molecule has 0 aromatic carbocycles. The molecule has 2 N–H and O–H groups in total. The smallest absolute Gasteiger partial charge is 0.347 e. The Morgan fingerprint density at radius 3 is 1.57 bits per heavy atom. The number of nitrogens with one attached hydrogen (secondary N) is 2. The Labute approximate surface area is 306 Å². The maximum Gasteiger partial charge on any atom is 0.347 e. The van der Waals surface area contributed by atoms with Gasteiger partial charge in [-0.1, -0.05) is 11.8 Å². The van der Waals surface area contributed by atoms with Gasteiger partial charge in [0.05, 0.1) is 0 Å². The van der Waals surface area contributed by atoms with E-state index in [9.17, 15) is 47.9 Å². The molecule has 0 spiro atoms. The van der Waals surface area contributed by atoms with Crippen molar-refractivity contribution in [2.75, 3.05) is 13.2 Å². The number of H-pyrrole nitrogens is 2. The Morgan fingerprint density at radius 1 is 0.648 bits per heavy atom. The lowest BCUT2D eigenvalue weighted by molar-refractivity contribution is -0.166. The highest BCUT2D eigenvalue weighted by molar-refractivity contribution is 7.98. The highest BCUT2D eigenvalue weighted by Crippen LogP contribution is 2.35. The summed E-state index contributed by atoms with van der Waals surface area (Å²) in [7, 11) is 0. The quantitative estimate of drug-likeness (QED) is 0.123. The van der Waals surface area contributed by atoms with Gasteiger partial charge in [-0.25, -0.2) is 9.59 Å². The lowest BCUT2D eigenvalue weighted by Gasteiger charge is -2.24. The van der Waals surface area contributed by atoms with Crippen LogP contribution in [0.1, 0.15) is 59.6 Å². The Hall–Kier alpha value is -5.62. The number of hydrogen-bond acceptors (Lipinski definition) is 20. The van der Waals surface area contributed by atoms with Gasteiger partial charge in [0.1, 0.15) is 25.4 Å². The van der Waals surface area contributed by atoms with Crippen LogP contribution in [0.2, 0.25) is 0 Å². The van der Waals surface area contributed by atoms with Crippen LogP contribution in [0, 0.1) is 0 Å². The van der Waals surface area contributed by atoms with Gasteiger partial charge in [-0.15, -0.1) is 0 Å². The lowest BCUT2D eigenvalue weighted by atomic mass is 10.1. The van der Waals surface area contributed by atoms with E-state index in [0.717, 1.165) is 52.3 Å². The molecule has 0 radical (unpaired) electrons. The second-order valence-corrected chi connectivity index (χ2v) is 12.6. The van der Waals surface area contributed by atoms with Gasteiger partial charge in [0, 0.05) is 59.1 Å². The highest BCUT2D eigenvalue weighted by atomic mass is 32.2. The van der Waals surface area contributed by atoms with Gasteiger partial charge < -0.3 is 37.9 Å². The molecule has 8 atom stereocenters. The van der Waals surface area contributed by atoms with Crippen molar-refractivity contribution < 1.29 is 66.7 Å². The van der Waals surface area contributed by atoms with Crippen molar-refractivity contribution in [2.45, 2.75) is 101 Å². The third-order valence-electron chi connectivity index (χ3n) is 7.42. The minimum Gasteiger partial charge on any atom is -0.463 e. The van der Waals surface area contributed by atoms with Crippen molar-refractivity contribution in [3.8, 4) is 0 Å². The minimum absolute atomic E-state index is 0.178. The number of nitrogens with zero attached hydrogens (tertiary/aromatic N) is 3. The molecule has 0 saturated carbocycles. The van der Waals surface area contributed by atoms with Gasteiger partial charge >= 0.3 is 47.2 Å². The van der Waals surface area contributed by atoms with Crippen molar-refractivity contribution >= 4 is 47.6 Å². The zero-order valence-electron chi connectivity index (χ0n) is 29.4. The summed E-state index contributed by atoms with van der Waals surface area (Å²) in [6.45, 7) is 5.45. The first kappa shape index (κ1) is 41.1. The molecular weight excluding hydrogens is 750 g/mol. The molecule has 2 aliphatic heterocycles. The first-order valence-corrected chi connectivity index (χ1v) is 16.8. The molecule has 2 aromatic rings. The number of aromatic amines is 2. The summed E-state index contributed by atoms with van der Waals surface area (Å²) >= 11 is 0.606. The van der Waals surface area contributed by atoms with Crippen LogP contribution in [0.15, 0.2) is 30.4 Å². The third-order valence-corrected chi connectivity index (χ3v) is 8.42. The van der Waals surface area contributed by atoms with Gasteiger partial charge in [-0.05, 0) is 0 Å². The molecule has 0 amide bonds. The summed E-state index contributed by atoms with van der Waals surface area (Å²) in [6, 6.07) is 0. The Morgan fingerprint density at radius 2 is 1.09 bits per heavy atom. The highest BCUT2D eigenvalue weighted by Gasteiger charge is 2.52. The van der Waals surface area contributed by atoms with Gasteiger partial charge in [0.2, 0.25) is 0 Å². The zero-order valence-corrected chi connectivity index (χ0v) is 30.2. The van der Waals surface area contributed by atoms with Gasteiger partial charge in [0.25, 0.3) is 11.1 Å². The average Bonchev–Trinajstić information content (AvgIpc) is 3.54. The molecule has 2 saturated heterocycles. The monoisotopic (exact) mass is 785 g/mol. The predicted molar refractivity (Wildman–Crippen MR) is 173 cm³/mol. The van der Waals surface area contributed by atoms with Crippen LogP contribution in [0.5, 0.6) is 0 Å². The molecule has 2 fully saturated rings. The molecule has 54 heavy (non-hydrogen) atoms. The van der Waals surface area contributed by atoms with Crippen molar-refractivity contribution in [1.82, 2.24) is 24.3 Å². The summed E-state index contributed by atoms with van der Waals surface area (Å²) in [6.07, 6.45) is -10.4. The van der Waals surface area contributed by atoms with Crippen LogP contribution in [-0.4, -0.2) is 110 Å². The van der Waals surface area contributed by atoms with E-state index in [2.05, 4.69) is 10.1 Å². The second kappa shape index (κ2) is 17.5. The number of ether oxygens (including phenoxy) is 8. The van der Waals surface area contributed by atoms with E-state index in [1.165, 1.54) is 0 Å². The van der Waals surface area contributed by atoms with Crippen LogP contribution in [-0.2, 0) is 72.4 Å². The van der Waals surface area contributed by atoms with Crippen LogP contribution < -0.4 is 22.5 Å². The Balaban J connectivity index is 1.68. The minimum atomic E-state index is -1.63. The van der Waals surface area contributed by atoms with E-state index in [1.54, 1.807) is 0 Å². The summed E-state index contributed by atoms with van der Waals surface area (Å²) in [4.78, 5) is 127. The summed E-state index contributed by atoms with van der Waals surface area (Å²) in [5, 5.41) is 3.62. The van der Waals surface area contributed by atoms with Crippen LogP contribution in [0.3, 0.4) is 0 Å². The Kier molecular flexibility index (Phi) is 13.3. The molecule has 23 nitrogen and oxygen atoms in total. The third kappa shape index (κ3) is 10.1. The topological polar surface area (TPSA) is 299 Å². The van der Waals surface area contributed by atoms with Crippen LogP contribution in [0.25, 0.3) is 0 Å². The molecule has 294 valence electrons. The summed E-state index contributed by atoms with van der Waals surface area (Å²) in [5.41, 5.74) is -4.31. The number of esters is 6. The molecule has 0 aliphatic carbocycles. The van der Waals surface area contributed by atoms with Crippen molar-refractivity contribution in [1.29, 1.82) is 0 Å². The molecule has 24 heteroatoms. The molecule has 0 unspecified atom stereocenters. The largest absolute Gasteiger partial charge is 0.463 e. The van der Waals surface area contributed by atoms with Crippen LogP contribution in [0.4, 0.5) is 0 Å². The summed E-state index contributed by atoms with van der Waals surface area (Å²) in [5.74, 6) is -5.21. The van der Waals surface area contributed by atoms with E-state index in [4.69, 9.17) is 37.9 Å². The fourth-order valence-electron chi connectivity index (χ4n) is 5.43. The van der Waals surface area contributed by atoms with E-state index in [1.807, 2.05) is 4.98 Å². The first-order valence-electron chi connectivity index (χ1n) is 15.8. The normalized spacial score (nSPS) is 24.6. The van der Waals surface area contributed by atoms with E-state index < -0.39 is 131 Å². The maximum atomic E-state index is 13.1. The van der Waals surface area contributed by atoms with Gasteiger partial charge in [-0.2, -0.15) is 9.78 Å². The van der Waals surface area contributed by atoms with Gasteiger partial charge in [0.15, 0.2) is 41.9 Å². The van der Waals surface area contributed by atoms with Gasteiger partial charge in [-0.3, -0.25) is 52.9 Å². The predicted octanol–water partition coefficient (Wildman–Crippen LogP) is -2.28. The SMILES string of the molecule is CC(=O)OC[C@@H]1O[C@H](n2nc(SCc3cn([C@@H]4O[C@H](COC(C)=O)[C@H](OC(C)=O)[C@@H]4OC(C)=O)c(=O)[nH]c3=O)c(=O)[nH]c2=O)[C@H](OC(C)=O)[C@@H]1OC(C)=O. The standard InChI is InChI=1S/C30H35N5O18S/c1-11(36)46-8-18-20(48-13(3)38)22(50-15(5)40)27(52-18)34-7-17(24(42)31-29(34)44)10-54-26-25(43)32-30(45)35(33-26)28-23(51-16(6)41)21(49-14(4)39)19(53-28)9-47-12(2)37/h7,18-23,27-28H,8-10H2,1-6H3,(H,31,42,44)(H,32,43,45)/t18-,19+,20+,21-,22+,23-,27-,28+/m1/s1. The van der Waals surface area contributed by atoms with Crippen LogP contribution >= 0.6 is 11.8 Å². The number of hydrogen-bond donors (Lipinski definition) is 2. The summed E-state index contributed by atoms with van der Waals surface area (Å²) < 4.78 is 44.3. The number of thioether (sulfide) groups is 1. The average molecular weight is 786 g/mol. The number of carbonyl (C=O) groups is 6. The number of carbonyl (C=O) groups excluding carboxylic acids is 6. The fourth-order valence-corrected chi connectivity index (χ4v) is 6.26. The number of rotatable bonds is 13. The molecule has 0 bridgehead atoms. The van der Waals surface area contributed by atoms with Crippen molar-refractivity contribution in [3.63, 3.8) is 0 Å². The van der Waals surface area contributed by atoms with Crippen molar-refractivity contribution in [3.05, 3.63) is 53.4 Å². The molecule has 4 rings (SSSR count). The second-order valence-electron chi connectivity index (χ2n) is 11.7. The molecule has 2 aromatic heterocycles. The van der Waals surface area contributed by atoms with Crippen molar-refractivity contribution in [2.24, 2.45) is 0 Å². The van der Waals surface area contributed by atoms with E-state index >= 15 is 0 Å². The van der Waals surface area contributed by atoms with E-state index in [-0.39, 0.29) is 5.56 Å².